The van der Waals surface area contributed by atoms with E-state index in [2.05, 4.69) is 29.6 Å². The van der Waals surface area contributed by atoms with E-state index in [9.17, 15) is 0 Å². The quantitative estimate of drug-likeness (QED) is 0.588. The van der Waals surface area contributed by atoms with Crippen molar-refractivity contribution in [2.45, 2.75) is 26.3 Å². The Morgan fingerprint density at radius 3 is 2.40 bits per heavy atom. The maximum absolute atomic E-state index is 3.20. The maximum atomic E-state index is 3.20. The summed E-state index contributed by atoms with van der Waals surface area (Å²) >= 11 is 0. The third-order valence-electron chi connectivity index (χ3n) is 1.42. The van der Waals surface area contributed by atoms with Crippen LogP contribution in [0.1, 0.15) is 20.3 Å². The fraction of sp³-hybridized carbons (Fsp3) is 0.556. The summed E-state index contributed by atoms with van der Waals surface area (Å²) in [6.07, 6.45) is 9.57. The molecule has 0 saturated carbocycles. The molecule has 1 heteroatoms. The van der Waals surface area contributed by atoms with E-state index in [0.717, 1.165) is 6.42 Å². The average Bonchev–Trinajstić information content (AvgIpc) is 1.98. The molecular weight excluding hydrogens is 122 g/mol. The predicted molar refractivity (Wildman–Crippen MR) is 47.1 cm³/mol. The number of hydrogen-bond donors (Lipinski definition) is 1. The van der Waals surface area contributed by atoms with Crippen LogP contribution in [0, 0.1) is 0 Å². The van der Waals surface area contributed by atoms with Crippen molar-refractivity contribution in [2.24, 2.45) is 0 Å². The molecule has 0 aromatic rings. The lowest BCUT2D eigenvalue weighted by atomic mass is 10.2. The minimum absolute atomic E-state index is 0.501. The molecule has 0 bridgehead atoms. The van der Waals surface area contributed by atoms with Gasteiger partial charge >= 0.3 is 0 Å². The van der Waals surface area contributed by atoms with Gasteiger partial charge < -0.3 is 5.32 Å². The van der Waals surface area contributed by atoms with Gasteiger partial charge in [0.05, 0.1) is 0 Å². The number of rotatable bonds is 4. The molecule has 0 aliphatic heterocycles. The Morgan fingerprint density at radius 2 is 2.00 bits per heavy atom. The van der Waals surface area contributed by atoms with Crippen LogP contribution in [-0.4, -0.2) is 13.1 Å². The van der Waals surface area contributed by atoms with E-state index < -0.39 is 0 Å². The highest BCUT2D eigenvalue weighted by atomic mass is 14.8. The van der Waals surface area contributed by atoms with Gasteiger partial charge in [-0.3, -0.25) is 0 Å². The first kappa shape index (κ1) is 9.44. The van der Waals surface area contributed by atoms with Gasteiger partial charge in [0.1, 0.15) is 0 Å². The van der Waals surface area contributed by atoms with Gasteiger partial charge in [0.2, 0.25) is 0 Å². The number of nitrogens with one attached hydrogen (secondary N) is 1. The van der Waals surface area contributed by atoms with Gasteiger partial charge in [0, 0.05) is 6.04 Å². The van der Waals surface area contributed by atoms with E-state index in [1.165, 1.54) is 0 Å². The third-order valence-corrected chi connectivity index (χ3v) is 1.42. The molecule has 0 spiro atoms. The number of hydrogen-bond acceptors (Lipinski definition) is 1. The highest BCUT2D eigenvalue weighted by Crippen LogP contribution is 1.94. The van der Waals surface area contributed by atoms with Gasteiger partial charge in [-0.2, -0.15) is 0 Å². The minimum Gasteiger partial charge on any atom is -0.313 e. The molecule has 0 rings (SSSR count). The van der Waals surface area contributed by atoms with Crippen molar-refractivity contribution < 1.29 is 0 Å². The Hall–Kier alpha value is -0.560. The molecule has 1 N–H and O–H groups in total. The lowest BCUT2D eigenvalue weighted by Gasteiger charge is -2.06. The second-order valence-corrected chi connectivity index (χ2v) is 2.23. The lowest BCUT2D eigenvalue weighted by Crippen LogP contribution is -2.21. The molecule has 58 valence electrons. The molecule has 0 aliphatic carbocycles. The topological polar surface area (TPSA) is 12.0 Å². The Morgan fingerprint density at radius 1 is 1.30 bits per heavy atom. The zero-order chi connectivity index (χ0) is 7.82. The fourth-order valence-corrected chi connectivity index (χ4v) is 0.808. The van der Waals surface area contributed by atoms with Crippen molar-refractivity contribution in [3.63, 3.8) is 0 Å². The van der Waals surface area contributed by atoms with Crippen LogP contribution in [0.5, 0.6) is 0 Å². The average molecular weight is 139 g/mol. The molecular formula is C9H17N. The van der Waals surface area contributed by atoms with Crippen molar-refractivity contribution in [3.8, 4) is 0 Å². The first-order chi connectivity index (χ1) is 4.85. The van der Waals surface area contributed by atoms with Gasteiger partial charge in [0.15, 0.2) is 0 Å². The molecule has 0 aromatic heterocycles. The van der Waals surface area contributed by atoms with Crippen LogP contribution in [0.2, 0.25) is 0 Å². The first-order valence-corrected chi connectivity index (χ1v) is 3.76. The van der Waals surface area contributed by atoms with Gasteiger partial charge in [-0.1, -0.05) is 24.3 Å². The predicted octanol–water partition coefficient (Wildman–Crippen LogP) is 2.12. The Bertz CT molecular complexity index is 114. The van der Waals surface area contributed by atoms with Crippen molar-refractivity contribution in [1.29, 1.82) is 0 Å². The standard InChI is InChI=1S/C9H17N/c1-4-6-8-9(10-3)7-5-2/h4-7,9-10H,8H2,1-3H3. The van der Waals surface area contributed by atoms with Crippen LogP contribution in [0.15, 0.2) is 24.3 Å². The smallest absolute Gasteiger partial charge is 0.0281 e. The van der Waals surface area contributed by atoms with E-state index in [1.807, 2.05) is 20.9 Å². The van der Waals surface area contributed by atoms with Gasteiger partial charge in [-0.05, 0) is 27.3 Å². The zero-order valence-corrected chi connectivity index (χ0v) is 7.09. The summed E-state index contributed by atoms with van der Waals surface area (Å²) in [5.41, 5.74) is 0. The summed E-state index contributed by atoms with van der Waals surface area (Å²) in [6, 6.07) is 0.501. The largest absolute Gasteiger partial charge is 0.313 e. The van der Waals surface area contributed by atoms with E-state index in [1.54, 1.807) is 0 Å². The van der Waals surface area contributed by atoms with Crippen LogP contribution >= 0.6 is 0 Å². The molecule has 10 heavy (non-hydrogen) atoms. The van der Waals surface area contributed by atoms with Crippen molar-refractivity contribution in [3.05, 3.63) is 24.3 Å². The molecule has 0 heterocycles. The molecule has 0 aliphatic rings. The van der Waals surface area contributed by atoms with Crippen LogP contribution in [0.4, 0.5) is 0 Å². The zero-order valence-electron chi connectivity index (χ0n) is 7.09. The third kappa shape index (κ3) is 4.33. The molecule has 0 saturated heterocycles. The van der Waals surface area contributed by atoms with Crippen molar-refractivity contribution in [1.82, 2.24) is 5.32 Å². The molecule has 0 amide bonds. The van der Waals surface area contributed by atoms with Gasteiger partial charge in [-0.15, -0.1) is 0 Å². The summed E-state index contributed by atoms with van der Waals surface area (Å²) in [4.78, 5) is 0. The second-order valence-electron chi connectivity index (χ2n) is 2.23. The normalized spacial score (nSPS) is 15.1. The van der Waals surface area contributed by atoms with Crippen molar-refractivity contribution >= 4 is 0 Å². The Kier molecular flexibility index (Phi) is 6.19. The van der Waals surface area contributed by atoms with Gasteiger partial charge in [0.25, 0.3) is 0 Å². The SMILES string of the molecule is CC=CCC(C=CC)NC. The van der Waals surface area contributed by atoms with E-state index in [-0.39, 0.29) is 0 Å². The molecule has 1 atom stereocenters. The minimum atomic E-state index is 0.501. The highest BCUT2D eigenvalue weighted by Gasteiger charge is 1.94. The van der Waals surface area contributed by atoms with Crippen LogP contribution in [0.25, 0.3) is 0 Å². The first-order valence-electron chi connectivity index (χ1n) is 3.76. The van der Waals surface area contributed by atoms with Crippen LogP contribution < -0.4 is 5.32 Å². The fourth-order valence-electron chi connectivity index (χ4n) is 0.808. The summed E-state index contributed by atoms with van der Waals surface area (Å²) in [6.45, 7) is 4.09. The molecule has 0 fully saturated rings. The Balaban J connectivity index is 3.60. The lowest BCUT2D eigenvalue weighted by molar-refractivity contribution is 0.676. The highest BCUT2D eigenvalue weighted by molar-refractivity contribution is 4.95. The van der Waals surface area contributed by atoms with Crippen molar-refractivity contribution in [2.75, 3.05) is 7.05 Å². The second kappa shape index (κ2) is 6.56. The molecule has 1 unspecified atom stereocenters. The molecule has 0 radical (unpaired) electrons. The summed E-state index contributed by atoms with van der Waals surface area (Å²) in [7, 11) is 1.98. The molecule has 0 aromatic carbocycles. The maximum Gasteiger partial charge on any atom is 0.0281 e. The van der Waals surface area contributed by atoms with E-state index >= 15 is 0 Å². The number of allylic oxidation sites excluding steroid dienone is 2. The number of likely N-dealkylation sites (N-methyl/N-ethyl adjacent to an activating group) is 1. The van der Waals surface area contributed by atoms with Crippen LogP contribution in [0.3, 0.4) is 0 Å². The summed E-state index contributed by atoms with van der Waals surface area (Å²) < 4.78 is 0. The summed E-state index contributed by atoms with van der Waals surface area (Å²) in [5.74, 6) is 0. The molecule has 1 nitrogen and oxygen atoms in total. The van der Waals surface area contributed by atoms with E-state index in [0.29, 0.717) is 6.04 Å². The van der Waals surface area contributed by atoms with E-state index in [4.69, 9.17) is 0 Å². The monoisotopic (exact) mass is 139 g/mol. The summed E-state index contributed by atoms with van der Waals surface area (Å²) in [5, 5.41) is 3.20. The van der Waals surface area contributed by atoms with Gasteiger partial charge in [-0.25, -0.2) is 0 Å². The van der Waals surface area contributed by atoms with Crippen LogP contribution in [-0.2, 0) is 0 Å². The Labute approximate surface area is 63.8 Å².